The molecule has 1 saturated heterocycles. The highest BCUT2D eigenvalue weighted by molar-refractivity contribution is 5.79. The first-order chi connectivity index (χ1) is 12.5. The van der Waals surface area contributed by atoms with Gasteiger partial charge in [0.15, 0.2) is 0 Å². The molecule has 148 valence electrons. The van der Waals surface area contributed by atoms with E-state index < -0.39 is 17.3 Å². The summed E-state index contributed by atoms with van der Waals surface area (Å²) in [5.74, 6) is 0.871. The van der Waals surface area contributed by atoms with Crippen LogP contribution in [-0.2, 0) is 22.6 Å². The molecule has 0 aliphatic carbocycles. The van der Waals surface area contributed by atoms with Gasteiger partial charge in [-0.2, -0.15) is 4.98 Å². The number of aryl methyl sites for hydroxylation is 1. The lowest BCUT2D eigenvalue weighted by Gasteiger charge is -2.46. The second-order valence-electron chi connectivity index (χ2n) is 8.19. The zero-order valence-electron chi connectivity index (χ0n) is 16.4. The summed E-state index contributed by atoms with van der Waals surface area (Å²) in [6, 6.07) is 0. The Morgan fingerprint density at radius 2 is 1.85 bits per heavy atom. The Kier molecular flexibility index (Phi) is 4.75. The van der Waals surface area contributed by atoms with Crippen molar-refractivity contribution < 1.29 is 24.2 Å². The summed E-state index contributed by atoms with van der Waals surface area (Å²) in [6.45, 7) is 7.99. The fourth-order valence-corrected chi connectivity index (χ4v) is 3.31. The average molecular weight is 378 g/mol. The fraction of sp³-hybridized carbons (Fsp3) is 0.667. The highest BCUT2D eigenvalue weighted by Gasteiger charge is 2.47. The van der Waals surface area contributed by atoms with Crippen LogP contribution in [0.4, 0.5) is 4.79 Å². The molecular weight excluding hydrogens is 352 g/mol. The van der Waals surface area contributed by atoms with Crippen LogP contribution in [0.5, 0.6) is 5.88 Å². The van der Waals surface area contributed by atoms with Gasteiger partial charge in [-0.05, 0) is 27.7 Å². The molecule has 3 rings (SSSR count). The molecule has 27 heavy (non-hydrogen) atoms. The number of hydrogen-bond donors (Lipinski definition) is 1. The van der Waals surface area contributed by atoms with Gasteiger partial charge in [-0.3, -0.25) is 4.79 Å². The number of amides is 2. The van der Waals surface area contributed by atoms with Crippen LogP contribution in [0.3, 0.4) is 0 Å². The van der Waals surface area contributed by atoms with Crippen LogP contribution in [0.2, 0.25) is 0 Å². The minimum Gasteiger partial charge on any atom is -0.481 e. The second kappa shape index (κ2) is 6.63. The Hall–Kier alpha value is -2.42. The van der Waals surface area contributed by atoms with Crippen LogP contribution in [0.25, 0.3) is 0 Å². The summed E-state index contributed by atoms with van der Waals surface area (Å²) >= 11 is 0. The molecule has 0 aromatic carbocycles. The topological polar surface area (TPSA) is 105 Å². The summed E-state index contributed by atoms with van der Waals surface area (Å²) in [5.41, 5.74) is -0.259. The van der Waals surface area contributed by atoms with Gasteiger partial charge in [0.2, 0.25) is 11.8 Å². The summed E-state index contributed by atoms with van der Waals surface area (Å²) in [5, 5.41) is 10.6. The third kappa shape index (κ3) is 4.13. The van der Waals surface area contributed by atoms with Gasteiger partial charge in [0.05, 0.1) is 51.0 Å². The predicted octanol–water partition coefficient (Wildman–Crippen LogP) is 1.01. The van der Waals surface area contributed by atoms with Gasteiger partial charge in [-0.15, -0.1) is 0 Å². The normalized spacial score (nSPS) is 18.0. The lowest BCUT2D eigenvalue weighted by atomic mass is 9.90. The highest BCUT2D eigenvalue weighted by atomic mass is 16.6. The molecule has 9 nitrogen and oxygen atoms in total. The average Bonchev–Trinajstić information content (AvgIpc) is 2.93. The van der Waals surface area contributed by atoms with Crippen molar-refractivity contribution in [3.63, 3.8) is 0 Å². The van der Waals surface area contributed by atoms with Crippen LogP contribution in [-0.4, -0.2) is 68.3 Å². The van der Waals surface area contributed by atoms with Crippen molar-refractivity contribution in [1.29, 1.82) is 0 Å². The number of carbonyl (C=O) groups excluding carboxylic acids is 2. The van der Waals surface area contributed by atoms with Crippen LogP contribution >= 0.6 is 0 Å². The summed E-state index contributed by atoms with van der Waals surface area (Å²) in [7, 11) is 1.54. The molecule has 0 spiro atoms. The van der Waals surface area contributed by atoms with Crippen LogP contribution in [0.1, 0.15) is 44.3 Å². The van der Waals surface area contributed by atoms with Gasteiger partial charge in [0.1, 0.15) is 17.0 Å². The summed E-state index contributed by atoms with van der Waals surface area (Å²) in [6.07, 6.45) is -0.543. The van der Waals surface area contributed by atoms with E-state index in [-0.39, 0.29) is 25.4 Å². The SMILES string of the molecule is COc1nc(C)nc2c1CN(C(=O)CC1(O)CN(C(=O)OC(C)(C)C)C1)C2. The molecule has 0 bridgehead atoms. The van der Waals surface area contributed by atoms with E-state index in [9.17, 15) is 14.7 Å². The summed E-state index contributed by atoms with van der Waals surface area (Å²) in [4.78, 5) is 36.3. The fourth-order valence-electron chi connectivity index (χ4n) is 3.31. The molecule has 2 aliphatic rings. The van der Waals surface area contributed by atoms with E-state index in [0.29, 0.717) is 24.8 Å². The van der Waals surface area contributed by atoms with Gasteiger partial charge >= 0.3 is 6.09 Å². The molecule has 1 aromatic heterocycles. The quantitative estimate of drug-likeness (QED) is 0.837. The van der Waals surface area contributed by atoms with Crippen molar-refractivity contribution in [2.45, 2.75) is 58.4 Å². The number of aliphatic hydroxyl groups is 1. The maximum Gasteiger partial charge on any atom is 0.410 e. The van der Waals surface area contributed by atoms with E-state index in [1.165, 1.54) is 12.0 Å². The molecule has 3 heterocycles. The first-order valence-corrected chi connectivity index (χ1v) is 8.88. The molecule has 1 N–H and O–H groups in total. The van der Waals surface area contributed by atoms with Crippen LogP contribution in [0.15, 0.2) is 0 Å². The number of hydrogen-bond acceptors (Lipinski definition) is 7. The number of likely N-dealkylation sites (tertiary alicyclic amines) is 1. The Labute approximate surface area is 158 Å². The van der Waals surface area contributed by atoms with Crippen LogP contribution in [0, 0.1) is 6.92 Å². The number of β-amino-alcohol motifs (C(OH)–C–C–N with tert-alkyl or cyclic N) is 1. The van der Waals surface area contributed by atoms with Crippen molar-refractivity contribution >= 4 is 12.0 Å². The van der Waals surface area contributed by atoms with Crippen molar-refractivity contribution in [2.75, 3.05) is 20.2 Å². The van der Waals surface area contributed by atoms with E-state index in [1.807, 2.05) is 0 Å². The zero-order chi connectivity index (χ0) is 20.0. The smallest absolute Gasteiger partial charge is 0.410 e. The molecule has 2 aliphatic heterocycles. The number of rotatable bonds is 3. The highest BCUT2D eigenvalue weighted by Crippen LogP contribution is 2.32. The van der Waals surface area contributed by atoms with Gasteiger partial charge < -0.3 is 24.4 Å². The number of nitrogens with zero attached hydrogens (tertiary/aromatic N) is 4. The number of methoxy groups -OCH3 is 1. The van der Waals surface area contributed by atoms with E-state index in [2.05, 4.69) is 9.97 Å². The molecular formula is C18H26N4O5. The first-order valence-electron chi connectivity index (χ1n) is 8.88. The number of ether oxygens (including phenoxy) is 2. The zero-order valence-corrected chi connectivity index (χ0v) is 16.4. The molecule has 2 amide bonds. The maximum absolute atomic E-state index is 12.7. The lowest BCUT2D eigenvalue weighted by Crippen LogP contribution is -2.65. The van der Waals surface area contributed by atoms with Crippen molar-refractivity contribution in [3.8, 4) is 5.88 Å². The molecule has 1 fully saturated rings. The Balaban J connectivity index is 1.57. The Bertz CT molecular complexity index is 768. The Morgan fingerprint density at radius 1 is 1.19 bits per heavy atom. The number of carbonyl (C=O) groups is 2. The number of fused-ring (bicyclic) bond motifs is 1. The molecule has 0 atom stereocenters. The molecule has 0 saturated carbocycles. The third-order valence-electron chi connectivity index (χ3n) is 4.50. The monoisotopic (exact) mass is 378 g/mol. The van der Waals surface area contributed by atoms with Crippen LogP contribution < -0.4 is 4.74 Å². The van der Waals surface area contributed by atoms with E-state index >= 15 is 0 Å². The summed E-state index contributed by atoms with van der Waals surface area (Å²) < 4.78 is 10.6. The largest absolute Gasteiger partial charge is 0.481 e. The van der Waals surface area contributed by atoms with Crippen molar-refractivity contribution in [3.05, 3.63) is 17.1 Å². The predicted molar refractivity (Wildman–Crippen MR) is 94.9 cm³/mol. The maximum atomic E-state index is 12.7. The van der Waals surface area contributed by atoms with E-state index in [0.717, 1.165) is 11.3 Å². The second-order valence-corrected chi connectivity index (χ2v) is 8.19. The van der Waals surface area contributed by atoms with Gasteiger partial charge in [0.25, 0.3) is 0 Å². The van der Waals surface area contributed by atoms with Gasteiger partial charge in [0, 0.05) is 0 Å². The van der Waals surface area contributed by atoms with Gasteiger partial charge in [-0.1, -0.05) is 0 Å². The number of aromatic nitrogens is 2. The molecule has 0 radical (unpaired) electrons. The molecule has 9 heteroatoms. The van der Waals surface area contributed by atoms with E-state index in [1.54, 1.807) is 32.6 Å². The lowest BCUT2D eigenvalue weighted by molar-refractivity contribution is -0.147. The standard InChI is InChI=1S/C18H26N4O5/c1-11-19-13-8-21(7-12(13)15(20-11)26-5)14(23)6-18(25)9-22(10-18)16(24)27-17(2,3)4/h25H,6-10H2,1-5H3. The van der Waals surface area contributed by atoms with Crippen molar-refractivity contribution in [1.82, 2.24) is 19.8 Å². The van der Waals surface area contributed by atoms with Crippen molar-refractivity contribution in [2.24, 2.45) is 0 Å². The molecule has 0 unspecified atom stereocenters. The minimum atomic E-state index is -1.23. The molecule has 1 aromatic rings. The Morgan fingerprint density at radius 3 is 2.44 bits per heavy atom. The van der Waals surface area contributed by atoms with E-state index in [4.69, 9.17) is 9.47 Å². The minimum absolute atomic E-state index is 0.0605. The first kappa shape index (κ1) is 19.3. The third-order valence-corrected chi connectivity index (χ3v) is 4.50. The van der Waals surface area contributed by atoms with Gasteiger partial charge in [-0.25, -0.2) is 9.78 Å².